The minimum absolute atomic E-state index is 0. The van der Waals surface area contributed by atoms with Crippen molar-refractivity contribution in [3.05, 3.63) is 47.9 Å². The van der Waals surface area contributed by atoms with E-state index in [0.29, 0.717) is 6.54 Å². The topological polar surface area (TPSA) is 60.1 Å². The lowest BCUT2D eigenvalue weighted by atomic mass is 10.2. The van der Waals surface area contributed by atoms with E-state index in [1.165, 1.54) is 22.8 Å². The molecular weight excluding hydrogens is 523 g/mol. The summed E-state index contributed by atoms with van der Waals surface area (Å²) in [5.74, 6) is 3.46. The van der Waals surface area contributed by atoms with Crippen molar-refractivity contribution in [3.8, 4) is 0 Å². The minimum atomic E-state index is 0. The number of halogens is 1. The van der Waals surface area contributed by atoms with Gasteiger partial charge in [0.15, 0.2) is 5.96 Å². The molecule has 0 saturated carbocycles. The second-order valence-corrected chi connectivity index (χ2v) is 8.91. The number of aliphatic imine (C=N–C) groups is 1. The number of thioether (sulfide) groups is 1. The summed E-state index contributed by atoms with van der Waals surface area (Å²) >= 11 is 2.05. The zero-order valence-electron chi connectivity index (χ0n) is 18.2. The summed E-state index contributed by atoms with van der Waals surface area (Å²) in [6.45, 7) is 10.8. The van der Waals surface area contributed by atoms with Crippen LogP contribution in [0.1, 0.15) is 18.2 Å². The van der Waals surface area contributed by atoms with Crippen molar-refractivity contribution >= 4 is 47.4 Å². The smallest absolute Gasteiger partial charge is 0.194 e. The van der Waals surface area contributed by atoms with Crippen LogP contribution in [0.4, 0.5) is 5.69 Å². The monoisotopic (exact) mass is 556 g/mol. The lowest BCUT2D eigenvalue weighted by Crippen LogP contribution is -2.52. The maximum Gasteiger partial charge on any atom is 0.194 e. The molecule has 0 radical (unpaired) electrons. The summed E-state index contributed by atoms with van der Waals surface area (Å²) in [6.07, 6.45) is 1.64. The molecule has 2 aromatic rings. The maximum atomic E-state index is 4.94. The van der Waals surface area contributed by atoms with Gasteiger partial charge in [-0.05, 0) is 24.6 Å². The Kier molecular flexibility index (Phi) is 9.79. The Bertz CT molecular complexity index is 787. The molecular formula is C22H33IN6OS. The number of rotatable bonds is 6. The Morgan fingerprint density at radius 3 is 2.45 bits per heavy atom. The van der Waals surface area contributed by atoms with E-state index in [2.05, 4.69) is 56.4 Å². The average molecular weight is 557 g/mol. The van der Waals surface area contributed by atoms with Crippen LogP contribution in [0.25, 0.3) is 0 Å². The number of aromatic nitrogens is 1. The number of nitrogens with one attached hydrogen (secondary N) is 1. The van der Waals surface area contributed by atoms with Crippen molar-refractivity contribution in [2.75, 3.05) is 62.2 Å². The maximum absolute atomic E-state index is 4.94. The van der Waals surface area contributed by atoms with Gasteiger partial charge in [-0.3, -0.25) is 4.90 Å². The molecule has 4 rings (SSSR count). The highest BCUT2D eigenvalue weighted by Gasteiger charge is 2.20. The number of anilines is 1. The molecule has 1 aromatic heterocycles. The molecule has 3 heterocycles. The molecule has 0 bridgehead atoms. The SMILES string of the molecule is CCNC(=NCc1ccc(N2CCSCC2)cc1)N1CCN(Cc2ccon2)CC1.I. The predicted molar refractivity (Wildman–Crippen MR) is 140 cm³/mol. The molecule has 0 spiro atoms. The summed E-state index contributed by atoms with van der Waals surface area (Å²) < 4.78 is 4.94. The van der Waals surface area contributed by atoms with Gasteiger partial charge in [0.1, 0.15) is 6.26 Å². The number of piperazine rings is 1. The van der Waals surface area contributed by atoms with Gasteiger partial charge in [-0.2, -0.15) is 11.8 Å². The third-order valence-electron chi connectivity index (χ3n) is 5.61. The zero-order valence-corrected chi connectivity index (χ0v) is 21.3. The van der Waals surface area contributed by atoms with Gasteiger partial charge in [-0.15, -0.1) is 24.0 Å². The van der Waals surface area contributed by atoms with Crippen molar-refractivity contribution in [2.45, 2.75) is 20.0 Å². The van der Waals surface area contributed by atoms with E-state index in [4.69, 9.17) is 9.52 Å². The van der Waals surface area contributed by atoms with E-state index < -0.39 is 0 Å². The molecule has 2 aliphatic heterocycles. The highest BCUT2D eigenvalue weighted by atomic mass is 127. The minimum Gasteiger partial charge on any atom is -0.370 e. The van der Waals surface area contributed by atoms with Crippen LogP contribution in [0.2, 0.25) is 0 Å². The number of benzene rings is 1. The molecule has 2 fully saturated rings. The molecule has 0 unspecified atom stereocenters. The molecule has 7 nitrogen and oxygen atoms in total. The molecule has 2 saturated heterocycles. The second-order valence-electron chi connectivity index (χ2n) is 7.69. The van der Waals surface area contributed by atoms with Gasteiger partial charge in [0, 0.05) is 75.6 Å². The Balaban J connectivity index is 0.00000272. The Labute approximate surface area is 206 Å². The van der Waals surface area contributed by atoms with Crippen molar-refractivity contribution in [1.29, 1.82) is 0 Å². The first kappa shape index (κ1) is 24.2. The number of hydrogen-bond acceptors (Lipinski definition) is 6. The van der Waals surface area contributed by atoms with Gasteiger partial charge in [0.2, 0.25) is 0 Å². The van der Waals surface area contributed by atoms with E-state index in [9.17, 15) is 0 Å². The molecule has 1 N–H and O–H groups in total. The van der Waals surface area contributed by atoms with Crippen LogP contribution in [-0.4, -0.2) is 78.2 Å². The van der Waals surface area contributed by atoms with E-state index in [-0.39, 0.29) is 24.0 Å². The van der Waals surface area contributed by atoms with E-state index in [1.54, 1.807) is 6.26 Å². The summed E-state index contributed by atoms with van der Waals surface area (Å²) in [5, 5.41) is 7.49. The predicted octanol–water partition coefficient (Wildman–Crippen LogP) is 3.13. The van der Waals surface area contributed by atoms with Crippen molar-refractivity contribution in [1.82, 2.24) is 20.3 Å². The van der Waals surface area contributed by atoms with Crippen LogP contribution < -0.4 is 10.2 Å². The molecule has 31 heavy (non-hydrogen) atoms. The highest BCUT2D eigenvalue weighted by molar-refractivity contribution is 14.0. The lowest BCUT2D eigenvalue weighted by Gasteiger charge is -2.36. The summed E-state index contributed by atoms with van der Waals surface area (Å²) in [7, 11) is 0. The molecule has 0 amide bonds. The van der Waals surface area contributed by atoms with E-state index >= 15 is 0 Å². The van der Waals surface area contributed by atoms with Gasteiger partial charge < -0.3 is 19.6 Å². The van der Waals surface area contributed by atoms with Crippen molar-refractivity contribution in [3.63, 3.8) is 0 Å². The first-order valence-corrected chi connectivity index (χ1v) is 12.0. The second kappa shape index (κ2) is 12.5. The van der Waals surface area contributed by atoms with Gasteiger partial charge in [-0.25, -0.2) is 4.99 Å². The van der Waals surface area contributed by atoms with Crippen LogP contribution in [0, 0.1) is 0 Å². The normalized spacial score (nSPS) is 18.0. The van der Waals surface area contributed by atoms with Crippen molar-refractivity contribution in [2.24, 2.45) is 4.99 Å². The number of nitrogens with zero attached hydrogens (tertiary/aromatic N) is 5. The molecule has 0 atom stereocenters. The van der Waals surface area contributed by atoms with Crippen molar-refractivity contribution < 1.29 is 4.52 Å². The fraction of sp³-hybridized carbons (Fsp3) is 0.545. The van der Waals surface area contributed by atoms with Gasteiger partial charge in [0.25, 0.3) is 0 Å². The third kappa shape index (κ3) is 7.01. The largest absolute Gasteiger partial charge is 0.370 e. The fourth-order valence-corrected chi connectivity index (χ4v) is 4.79. The summed E-state index contributed by atoms with van der Waals surface area (Å²) in [6, 6.07) is 10.9. The van der Waals surface area contributed by atoms with Gasteiger partial charge in [-0.1, -0.05) is 17.3 Å². The first-order valence-electron chi connectivity index (χ1n) is 10.9. The molecule has 1 aromatic carbocycles. The zero-order chi connectivity index (χ0) is 20.6. The molecule has 2 aliphatic rings. The van der Waals surface area contributed by atoms with Crippen LogP contribution in [0.5, 0.6) is 0 Å². The molecule has 0 aliphatic carbocycles. The Morgan fingerprint density at radius 2 is 1.81 bits per heavy atom. The first-order chi connectivity index (χ1) is 14.8. The van der Waals surface area contributed by atoms with Crippen LogP contribution in [0.3, 0.4) is 0 Å². The van der Waals surface area contributed by atoms with E-state index in [0.717, 1.165) is 64.0 Å². The van der Waals surface area contributed by atoms with Gasteiger partial charge >= 0.3 is 0 Å². The van der Waals surface area contributed by atoms with Crippen LogP contribution in [0.15, 0.2) is 46.1 Å². The molecule has 9 heteroatoms. The highest BCUT2D eigenvalue weighted by Crippen LogP contribution is 2.20. The lowest BCUT2D eigenvalue weighted by molar-refractivity contribution is 0.169. The average Bonchev–Trinajstić information content (AvgIpc) is 3.31. The number of guanidine groups is 1. The Hall–Kier alpha value is -1.46. The van der Waals surface area contributed by atoms with E-state index in [1.807, 2.05) is 17.8 Å². The number of hydrogen-bond donors (Lipinski definition) is 1. The van der Waals surface area contributed by atoms with Crippen LogP contribution in [-0.2, 0) is 13.1 Å². The fourth-order valence-electron chi connectivity index (χ4n) is 3.89. The third-order valence-corrected chi connectivity index (χ3v) is 6.55. The Morgan fingerprint density at radius 1 is 1.06 bits per heavy atom. The van der Waals surface area contributed by atoms with Gasteiger partial charge in [0.05, 0.1) is 12.2 Å². The van der Waals surface area contributed by atoms with Crippen LogP contribution >= 0.6 is 35.7 Å². The standard InChI is InChI=1S/C22H32N6OS.HI/c1-2-23-22(28-10-8-26(9-11-28)18-20-7-14-29-25-20)24-17-19-3-5-21(6-4-19)27-12-15-30-16-13-27;/h3-7,14H,2,8-13,15-18H2,1H3,(H,23,24);1H. The molecule has 170 valence electrons. The summed E-state index contributed by atoms with van der Waals surface area (Å²) in [4.78, 5) is 12.2. The summed E-state index contributed by atoms with van der Waals surface area (Å²) in [5.41, 5.74) is 3.58. The quantitative estimate of drug-likeness (QED) is 0.334.